The Morgan fingerprint density at radius 1 is 1.33 bits per heavy atom. The molecule has 0 aliphatic carbocycles. The van der Waals surface area contributed by atoms with Gasteiger partial charge >= 0.3 is 0 Å². The topological polar surface area (TPSA) is 54.2 Å². The SMILES string of the molecule is CNc1cn2ccnc2c(NCCC(C)(C)C)n1. The van der Waals surface area contributed by atoms with Gasteiger partial charge in [-0.1, -0.05) is 20.8 Å². The Balaban J connectivity index is 2.18. The largest absolute Gasteiger partial charge is 0.372 e. The van der Waals surface area contributed by atoms with E-state index in [-0.39, 0.29) is 0 Å². The van der Waals surface area contributed by atoms with Gasteiger partial charge in [0.15, 0.2) is 11.5 Å². The summed E-state index contributed by atoms with van der Waals surface area (Å²) in [6, 6.07) is 0. The summed E-state index contributed by atoms with van der Waals surface area (Å²) in [5.74, 6) is 1.66. The minimum atomic E-state index is 0.319. The molecule has 5 nitrogen and oxygen atoms in total. The predicted octanol–water partition coefficient (Wildman–Crippen LogP) is 2.62. The maximum atomic E-state index is 4.51. The van der Waals surface area contributed by atoms with Gasteiger partial charge in [-0.25, -0.2) is 9.97 Å². The van der Waals surface area contributed by atoms with Crippen molar-refractivity contribution in [1.29, 1.82) is 0 Å². The molecule has 0 fully saturated rings. The number of hydrogen-bond acceptors (Lipinski definition) is 4. The second kappa shape index (κ2) is 4.84. The molecule has 0 aromatic carbocycles. The molecule has 0 spiro atoms. The highest BCUT2D eigenvalue weighted by Gasteiger charge is 2.11. The van der Waals surface area contributed by atoms with E-state index >= 15 is 0 Å². The molecule has 2 N–H and O–H groups in total. The lowest BCUT2D eigenvalue weighted by molar-refractivity contribution is 0.389. The molecule has 0 bridgehead atoms. The van der Waals surface area contributed by atoms with E-state index in [4.69, 9.17) is 0 Å². The average molecular weight is 247 g/mol. The number of fused-ring (bicyclic) bond motifs is 1. The van der Waals surface area contributed by atoms with Crippen LogP contribution in [0.3, 0.4) is 0 Å². The Morgan fingerprint density at radius 2 is 2.11 bits per heavy atom. The molecular weight excluding hydrogens is 226 g/mol. The van der Waals surface area contributed by atoms with Crippen LogP contribution in [0, 0.1) is 5.41 Å². The number of rotatable bonds is 4. The number of aromatic nitrogens is 3. The summed E-state index contributed by atoms with van der Waals surface area (Å²) in [6.45, 7) is 7.60. The second-order valence-electron chi connectivity index (χ2n) is 5.62. The van der Waals surface area contributed by atoms with Gasteiger partial charge in [-0.15, -0.1) is 0 Å². The van der Waals surface area contributed by atoms with Crippen LogP contribution in [-0.2, 0) is 0 Å². The molecule has 2 aromatic heterocycles. The van der Waals surface area contributed by atoms with Gasteiger partial charge in [0.1, 0.15) is 5.82 Å². The number of imidazole rings is 1. The van der Waals surface area contributed by atoms with E-state index in [9.17, 15) is 0 Å². The monoisotopic (exact) mass is 247 g/mol. The van der Waals surface area contributed by atoms with Crippen molar-refractivity contribution in [2.24, 2.45) is 5.41 Å². The first-order valence-electron chi connectivity index (χ1n) is 6.25. The molecule has 2 aromatic rings. The summed E-state index contributed by atoms with van der Waals surface area (Å²) in [7, 11) is 1.87. The zero-order valence-electron chi connectivity index (χ0n) is 11.5. The predicted molar refractivity (Wildman–Crippen MR) is 75.1 cm³/mol. The zero-order chi connectivity index (χ0) is 13.2. The molecule has 0 radical (unpaired) electrons. The number of hydrogen-bond donors (Lipinski definition) is 2. The molecule has 2 heterocycles. The lowest BCUT2D eigenvalue weighted by atomic mass is 9.92. The fourth-order valence-corrected chi connectivity index (χ4v) is 1.73. The second-order valence-corrected chi connectivity index (χ2v) is 5.62. The molecule has 18 heavy (non-hydrogen) atoms. The lowest BCUT2D eigenvalue weighted by Crippen LogP contribution is -2.14. The van der Waals surface area contributed by atoms with Crippen molar-refractivity contribution in [3.63, 3.8) is 0 Å². The van der Waals surface area contributed by atoms with Gasteiger partial charge in [0.2, 0.25) is 0 Å². The molecule has 0 aliphatic rings. The minimum absolute atomic E-state index is 0.319. The molecule has 0 saturated heterocycles. The molecule has 0 saturated carbocycles. The Bertz CT molecular complexity index is 524. The van der Waals surface area contributed by atoms with Crippen LogP contribution in [0.25, 0.3) is 5.65 Å². The van der Waals surface area contributed by atoms with Crippen LogP contribution >= 0.6 is 0 Å². The quantitative estimate of drug-likeness (QED) is 0.872. The van der Waals surface area contributed by atoms with Crippen molar-refractivity contribution in [3.8, 4) is 0 Å². The van der Waals surface area contributed by atoms with Gasteiger partial charge in [-0.3, -0.25) is 0 Å². The van der Waals surface area contributed by atoms with Gasteiger partial charge in [0, 0.05) is 26.0 Å². The van der Waals surface area contributed by atoms with Crippen LogP contribution in [0.4, 0.5) is 11.6 Å². The van der Waals surface area contributed by atoms with E-state index < -0.39 is 0 Å². The molecule has 0 aliphatic heterocycles. The molecule has 0 atom stereocenters. The first-order valence-corrected chi connectivity index (χ1v) is 6.25. The summed E-state index contributed by atoms with van der Waals surface area (Å²) in [4.78, 5) is 8.82. The first-order chi connectivity index (χ1) is 8.49. The minimum Gasteiger partial charge on any atom is -0.372 e. The van der Waals surface area contributed by atoms with Crippen LogP contribution in [-0.4, -0.2) is 28.0 Å². The molecule has 0 amide bonds. The standard InChI is InChI=1S/C13H21N5/c1-13(2,3)5-6-15-11-12-16-7-8-18(12)9-10(14-4)17-11/h7-9,14H,5-6H2,1-4H3,(H,15,17). The highest BCUT2D eigenvalue weighted by molar-refractivity contribution is 5.65. The normalized spacial score (nSPS) is 11.8. The Morgan fingerprint density at radius 3 is 2.78 bits per heavy atom. The van der Waals surface area contributed by atoms with E-state index in [0.29, 0.717) is 5.41 Å². The van der Waals surface area contributed by atoms with Crippen molar-refractivity contribution in [3.05, 3.63) is 18.6 Å². The van der Waals surface area contributed by atoms with Gasteiger partial charge < -0.3 is 15.0 Å². The van der Waals surface area contributed by atoms with Crippen molar-refractivity contribution in [2.45, 2.75) is 27.2 Å². The maximum absolute atomic E-state index is 4.51. The van der Waals surface area contributed by atoms with Crippen LogP contribution in [0.1, 0.15) is 27.2 Å². The van der Waals surface area contributed by atoms with E-state index in [2.05, 4.69) is 41.4 Å². The van der Waals surface area contributed by atoms with Gasteiger partial charge in [-0.2, -0.15) is 0 Å². The fourth-order valence-electron chi connectivity index (χ4n) is 1.73. The molecule has 5 heteroatoms. The van der Waals surface area contributed by atoms with E-state index in [1.165, 1.54) is 0 Å². The number of anilines is 2. The van der Waals surface area contributed by atoms with E-state index in [1.54, 1.807) is 6.20 Å². The van der Waals surface area contributed by atoms with Gasteiger partial charge in [-0.05, 0) is 11.8 Å². The molecule has 2 rings (SSSR count). The average Bonchev–Trinajstić information content (AvgIpc) is 2.75. The van der Waals surface area contributed by atoms with Gasteiger partial charge in [0.25, 0.3) is 0 Å². The van der Waals surface area contributed by atoms with Crippen LogP contribution in [0.2, 0.25) is 0 Å². The van der Waals surface area contributed by atoms with Gasteiger partial charge in [0.05, 0.1) is 6.20 Å². The third-order valence-electron chi connectivity index (χ3n) is 2.80. The van der Waals surface area contributed by atoms with E-state index in [0.717, 1.165) is 30.2 Å². The maximum Gasteiger partial charge on any atom is 0.180 e. The highest BCUT2D eigenvalue weighted by Crippen LogP contribution is 2.20. The Hall–Kier alpha value is -1.78. The van der Waals surface area contributed by atoms with Crippen LogP contribution in [0.5, 0.6) is 0 Å². The summed E-state index contributed by atoms with van der Waals surface area (Å²) in [6.07, 6.45) is 6.72. The molecule has 0 unspecified atom stereocenters. The van der Waals surface area contributed by atoms with E-state index in [1.807, 2.05) is 23.8 Å². The van der Waals surface area contributed by atoms with Crippen molar-refractivity contribution < 1.29 is 0 Å². The summed E-state index contributed by atoms with van der Waals surface area (Å²) in [5, 5.41) is 6.43. The Kier molecular flexibility index (Phi) is 3.41. The summed E-state index contributed by atoms with van der Waals surface area (Å²) in [5.41, 5.74) is 1.18. The lowest BCUT2D eigenvalue weighted by Gasteiger charge is -2.18. The third kappa shape index (κ3) is 2.91. The van der Waals surface area contributed by atoms with Crippen LogP contribution < -0.4 is 10.6 Å². The molecular formula is C13H21N5. The summed E-state index contributed by atoms with van der Waals surface area (Å²) >= 11 is 0. The van der Waals surface area contributed by atoms with Crippen molar-refractivity contribution in [1.82, 2.24) is 14.4 Å². The van der Waals surface area contributed by atoms with Crippen LogP contribution in [0.15, 0.2) is 18.6 Å². The zero-order valence-corrected chi connectivity index (χ0v) is 11.5. The number of nitrogens with one attached hydrogen (secondary N) is 2. The third-order valence-corrected chi connectivity index (χ3v) is 2.80. The fraction of sp³-hybridized carbons (Fsp3) is 0.538. The Labute approximate surface area is 108 Å². The van der Waals surface area contributed by atoms with Crippen molar-refractivity contribution in [2.75, 3.05) is 24.2 Å². The van der Waals surface area contributed by atoms with Crippen molar-refractivity contribution >= 4 is 17.3 Å². The first kappa shape index (κ1) is 12.7. The smallest absolute Gasteiger partial charge is 0.180 e. The molecule has 98 valence electrons. The number of nitrogens with zero attached hydrogens (tertiary/aromatic N) is 3. The summed E-state index contributed by atoms with van der Waals surface area (Å²) < 4.78 is 1.97. The highest BCUT2D eigenvalue weighted by atomic mass is 15.1.